The van der Waals surface area contributed by atoms with Crippen LogP contribution in [0, 0.1) is 6.92 Å². The van der Waals surface area contributed by atoms with E-state index in [1.807, 2.05) is 18.2 Å². The zero-order chi connectivity index (χ0) is 14.4. The number of anilines is 1. The molecule has 1 fully saturated rings. The van der Waals surface area contributed by atoms with Gasteiger partial charge in [-0.15, -0.1) is 0 Å². The second-order valence-electron chi connectivity index (χ2n) is 5.28. The first-order chi connectivity index (χ1) is 9.72. The highest BCUT2D eigenvalue weighted by atomic mass is 15.3. The first-order valence-corrected chi connectivity index (χ1v) is 7.21. The molecule has 1 aromatic carbocycles. The Kier molecular flexibility index (Phi) is 5.19. The molecule has 1 saturated heterocycles. The summed E-state index contributed by atoms with van der Waals surface area (Å²) in [5.41, 5.74) is 3.89. The van der Waals surface area contributed by atoms with Crippen LogP contribution in [0.2, 0.25) is 0 Å². The number of aryl methyl sites for hydroxylation is 1. The first-order valence-electron chi connectivity index (χ1n) is 7.21. The van der Waals surface area contributed by atoms with E-state index in [1.54, 1.807) is 0 Å². The van der Waals surface area contributed by atoms with Gasteiger partial charge in [-0.25, -0.2) is 0 Å². The zero-order valence-corrected chi connectivity index (χ0v) is 12.4. The van der Waals surface area contributed by atoms with E-state index in [0.717, 1.165) is 32.7 Å². The molecule has 1 heterocycles. The third kappa shape index (κ3) is 3.84. The monoisotopic (exact) mass is 268 g/mol. The van der Waals surface area contributed by atoms with Crippen molar-refractivity contribution in [2.75, 3.05) is 37.6 Å². The van der Waals surface area contributed by atoms with Crippen LogP contribution in [0.4, 0.5) is 5.69 Å². The predicted molar refractivity (Wildman–Crippen MR) is 88.3 cm³/mol. The topological polar surface area (TPSA) is 6.48 Å². The highest BCUT2D eigenvalue weighted by molar-refractivity contribution is 5.47. The van der Waals surface area contributed by atoms with Gasteiger partial charge in [0.05, 0.1) is 0 Å². The Bertz CT molecular complexity index is 477. The normalized spacial score (nSPS) is 17.1. The summed E-state index contributed by atoms with van der Waals surface area (Å²) in [6, 6.07) is 8.81. The van der Waals surface area contributed by atoms with Gasteiger partial charge in [-0.1, -0.05) is 49.1 Å². The predicted octanol–water partition coefficient (Wildman–Crippen LogP) is 3.42. The van der Waals surface area contributed by atoms with Gasteiger partial charge in [-0.2, -0.15) is 0 Å². The lowest BCUT2D eigenvalue weighted by Gasteiger charge is -2.36. The maximum absolute atomic E-state index is 3.86. The standard InChI is InChI=1S/C18H24N2/c1-4-6-17(5-2)15-19-11-13-20(14-12-19)18-9-7-16(3)8-10-18/h4-10H,1-2,11-15H2,3H3/b17-6+. The fourth-order valence-corrected chi connectivity index (χ4v) is 2.51. The van der Waals surface area contributed by atoms with E-state index in [2.05, 4.69) is 54.1 Å². The third-order valence-corrected chi connectivity index (χ3v) is 3.77. The van der Waals surface area contributed by atoms with Crippen LogP contribution in [-0.4, -0.2) is 37.6 Å². The van der Waals surface area contributed by atoms with Gasteiger partial charge in [-0.3, -0.25) is 4.90 Å². The lowest BCUT2D eigenvalue weighted by atomic mass is 10.1. The average Bonchev–Trinajstić information content (AvgIpc) is 2.48. The molecule has 0 spiro atoms. The summed E-state index contributed by atoms with van der Waals surface area (Å²) < 4.78 is 0. The molecular formula is C18H24N2. The molecule has 0 aliphatic carbocycles. The van der Waals surface area contributed by atoms with Crippen LogP contribution < -0.4 is 4.90 Å². The Morgan fingerprint density at radius 1 is 1.10 bits per heavy atom. The summed E-state index contributed by atoms with van der Waals surface area (Å²) in [5, 5.41) is 0. The number of hydrogen-bond acceptors (Lipinski definition) is 2. The van der Waals surface area contributed by atoms with Crippen molar-refractivity contribution < 1.29 is 0 Å². The van der Waals surface area contributed by atoms with E-state index in [9.17, 15) is 0 Å². The Morgan fingerprint density at radius 2 is 1.75 bits per heavy atom. The third-order valence-electron chi connectivity index (χ3n) is 3.77. The van der Waals surface area contributed by atoms with Gasteiger partial charge in [0.15, 0.2) is 0 Å². The second-order valence-corrected chi connectivity index (χ2v) is 5.28. The number of hydrogen-bond donors (Lipinski definition) is 0. The Morgan fingerprint density at radius 3 is 2.30 bits per heavy atom. The highest BCUT2D eigenvalue weighted by Crippen LogP contribution is 2.17. The summed E-state index contributed by atoms with van der Waals surface area (Å²) in [5.74, 6) is 0. The summed E-state index contributed by atoms with van der Waals surface area (Å²) >= 11 is 0. The van der Waals surface area contributed by atoms with Crippen molar-refractivity contribution in [3.63, 3.8) is 0 Å². The van der Waals surface area contributed by atoms with Crippen LogP contribution in [0.5, 0.6) is 0 Å². The Balaban J connectivity index is 1.89. The summed E-state index contributed by atoms with van der Waals surface area (Å²) in [4.78, 5) is 4.93. The molecule has 0 unspecified atom stereocenters. The minimum atomic E-state index is 0.970. The van der Waals surface area contributed by atoms with E-state index in [4.69, 9.17) is 0 Å². The molecule has 0 aromatic heterocycles. The molecule has 1 aliphatic rings. The molecule has 0 bridgehead atoms. The van der Waals surface area contributed by atoms with E-state index >= 15 is 0 Å². The number of piperazine rings is 1. The molecule has 2 rings (SSSR count). The SMILES string of the molecule is C=C/C=C(\C=C)CN1CCN(c2ccc(C)cc2)CC1. The fraction of sp³-hybridized carbons (Fsp3) is 0.333. The van der Waals surface area contributed by atoms with Gasteiger partial charge >= 0.3 is 0 Å². The zero-order valence-electron chi connectivity index (χ0n) is 12.4. The summed E-state index contributed by atoms with van der Waals surface area (Å²) in [6.07, 6.45) is 5.80. The first kappa shape index (κ1) is 14.6. The molecule has 2 heteroatoms. The van der Waals surface area contributed by atoms with Crippen molar-refractivity contribution in [2.45, 2.75) is 6.92 Å². The summed E-state index contributed by atoms with van der Waals surface area (Å²) in [7, 11) is 0. The van der Waals surface area contributed by atoms with Crippen LogP contribution in [0.15, 0.2) is 61.2 Å². The largest absolute Gasteiger partial charge is 0.369 e. The van der Waals surface area contributed by atoms with Crippen LogP contribution >= 0.6 is 0 Å². The molecule has 1 aliphatic heterocycles. The average molecular weight is 268 g/mol. The minimum Gasteiger partial charge on any atom is -0.369 e. The van der Waals surface area contributed by atoms with Crippen molar-refractivity contribution in [3.05, 3.63) is 66.8 Å². The van der Waals surface area contributed by atoms with Gasteiger partial charge in [0, 0.05) is 38.4 Å². The molecule has 0 saturated carbocycles. The van der Waals surface area contributed by atoms with E-state index in [1.165, 1.54) is 16.8 Å². The van der Waals surface area contributed by atoms with Crippen LogP contribution in [-0.2, 0) is 0 Å². The molecule has 0 radical (unpaired) electrons. The lowest BCUT2D eigenvalue weighted by molar-refractivity contribution is 0.280. The molecule has 0 atom stereocenters. The molecule has 0 N–H and O–H groups in total. The molecule has 0 amide bonds. The van der Waals surface area contributed by atoms with Gasteiger partial charge in [0.25, 0.3) is 0 Å². The van der Waals surface area contributed by atoms with Crippen molar-refractivity contribution in [1.82, 2.24) is 4.90 Å². The summed E-state index contributed by atoms with van der Waals surface area (Å²) in [6.45, 7) is 15.1. The van der Waals surface area contributed by atoms with Crippen LogP contribution in [0.1, 0.15) is 5.56 Å². The van der Waals surface area contributed by atoms with Gasteiger partial charge in [0.2, 0.25) is 0 Å². The van der Waals surface area contributed by atoms with Crippen molar-refractivity contribution in [3.8, 4) is 0 Å². The Hall–Kier alpha value is -1.80. The lowest BCUT2D eigenvalue weighted by Crippen LogP contribution is -2.46. The van der Waals surface area contributed by atoms with Gasteiger partial charge in [-0.05, 0) is 24.6 Å². The molecule has 2 nitrogen and oxygen atoms in total. The number of rotatable bonds is 5. The maximum atomic E-state index is 3.86. The smallest absolute Gasteiger partial charge is 0.0367 e. The minimum absolute atomic E-state index is 0.970. The maximum Gasteiger partial charge on any atom is 0.0367 e. The number of nitrogens with zero attached hydrogens (tertiary/aromatic N) is 2. The van der Waals surface area contributed by atoms with Gasteiger partial charge in [0.1, 0.15) is 0 Å². The van der Waals surface area contributed by atoms with E-state index in [-0.39, 0.29) is 0 Å². The van der Waals surface area contributed by atoms with Crippen LogP contribution in [0.25, 0.3) is 0 Å². The van der Waals surface area contributed by atoms with Crippen molar-refractivity contribution in [1.29, 1.82) is 0 Å². The van der Waals surface area contributed by atoms with Crippen molar-refractivity contribution in [2.24, 2.45) is 0 Å². The van der Waals surface area contributed by atoms with Crippen molar-refractivity contribution >= 4 is 5.69 Å². The quantitative estimate of drug-likeness (QED) is 0.755. The Labute approximate surface area is 122 Å². The molecule has 1 aromatic rings. The number of allylic oxidation sites excluding steroid dienone is 2. The molecular weight excluding hydrogens is 244 g/mol. The van der Waals surface area contributed by atoms with E-state index < -0.39 is 0 Å². The number of benzene rings is 1. The molecule has 20 heavy (non-hydrogen) atoms. The van der Waals surface area contributed by atoms with E-state index in [0.29, 0.717) is 0 Å². The highest BCUT2D eigenvalue weighted by Gasteiger charge is 2.17. The second kappa shape index (κ2) is 7.11. The fourth-order valence-electron chi connectivity index (χ4n) is 2.51. The molecule has 106 valence electrons. The van der Waals surface area contributed by atoms with Crippen LogP contribution in [0.3, 0.4) is 0 Å². The van der Waals surface area contributed by atoms with Gasteiger partial charge < -0.3 is 4.90 Å².